The standard InChI is InChI=1S/C14H21NO3/c16-12(11-6-14(7-11)3-4-14)15-8-10(13(17)18)5-9-1-2-9/h9-11H,1-8H2,(H,15,16)(H,17,18)/t10-/m0/s1. The highest BCUT2D eigenvalue weighted by atomic mass is 16.4. The summed E-state index contributed by atoms with van der Waals surface area (Å²) in [4.78, 5) is 23.0. The first-order valence-electron chi connectivity index (χ1n) is 7.08. The second kappa shape index (κ2) is 4.25. The Morgan fingerprint density at radius 3 is 2.44 bits per heavy atom. The number of carbonyl (C=O) groups is 2. The Labute approximate surface area is 107 Å². The minimum absolute atomic E-state index is 0.0783. The van der Waals surface area contributed by atoms with Crippen LogP contribution in [0.1, 0.15) is 44.9 Å². The van der Waals surface area contributed by atoms with Gasteiger partial charge in [-0.3, -0.25) is 9.59 Å². The number of amides is 1. The SMILES string of the molecule is O=C(NC[C@H](CC1CC1)C(=O)O)C1CC2(CC2)C1. The molecule has 2 N–H and O–H groups in total. The first kappa shape index (κ1) is 12.0. The van der Waals surface area contributed by atoms with Crippen LogP contribution in [0.4, 0.5) is 0 Å². The van der Waals surface area contributed by atoms with Crippen molar-refractivity contribution in [3.05, 3.63) is 0 Å². The molecule has 100 valence electrons. The maximum atomic E-state index is 11.9. The summed E-state index contributed by atoms with van der Waals surface area (Å²) in [5.41, 5.74) is 0.530. The fourth-order valence-corrected chi connectivity index (χ4v) is 3.15. The maximum Gasteiger partial charge on any atom is 0.308 e. The number of carbonyl (C=O) groups excluding carboxylic acids is 1. The van der Waals surface area contributed by atoms with E-state index in [1.54, 1.807) is 0 Å². The summed E-state index contributed by atoms with van der Waals surface area (Å²) in [6.45, 7) is 0.314. The summed E-state index contributed by atoms with van der Waals surface area (Å²) in [6, 6.07) is 0. The molecule has 0 aromatic heterocycles. The van der Waals surface area contributed by atoms with E-state index in [1.807, 2.05) is 0 Å². The zero-order valence-corrected chi connectivity index (χ0v) is 10.7. The van der Waals surface area contributed by atoms with Crippen LogP contribution in [0.25, 0.3) is 0 Å². The minimum atomic E-state index is -0.769. The number of hydrogen-bond donors (Lipinski definition) is 2. The van der Waals surface area contributed by atoms with Crippen LogP contribution >= 0.6 is 0 Å². The Morgan fingerprint density at radius 1 is 1.28 bits per heavy atom. The van der Waals surface area contributed by atoms with Gasteiger partial charge in [0.2, 0.25) is 5.91 Å². The fourth-order valence-electron chi connectivity index (χ4n) is 3.15. The number of carboxylic acids is 1. The first-order chi connectivity index (χ1) is 8.58. The molecule has 3 saturated carbocycles. The van der Waals surface area contributed by atoms with Gasteiger partial charge in [-0.2, -0.15) is 0 Å². The third-order valence-corrected chi connectivity index (χ3v) is 4.87. The van der Waals surface area contributed by atoms with E-state index < -0.39 is 11.9 Å². The number of aliphatic carboxylic acids is 1. The number of hydrogen-bond acceptors (Lipinski definition) is 2. The van der Waals surface area contributed by atoms with Crippen molar-refractivity contribution in [3.63, 3.8) is 0 Å². The van der Waals surface area contributed by atoms with Gasteiger partial charge < -0.3 is 10.4 Å². The third kappa shape index (κ3) is 2.52. The van der Waals surface area contributed by atoms with Gasteiger partial charge in [0.15, 0.2) is 0 Å². The van der Waals surface area contributed by atoms with Crippen LogP contribution in [0, 0.1) is 23.2 Å². The van der Waals surface area contributed by atoms with E-state index in [-0.39, 0.29) is 11.8 Å². The van der Waals surface area contributed by atoms with E-state index in [1.165, 1.54) is 12.8 Å². The molecule has 0 radical (unpaired) electrons. The summed E-state index contributed by atoms with van der Waals surface area (Å²) < 4.78 is 0. The zero-order valence-electron chi connectivity index (χ0n) is 10.7. The number of carboxylic acid groups (broad SMARTS) is 1. The van der Waals surface area contributed by atoms with E-state index in [2.05, 4.69) is 5.32 Å². The van der Waals surface area contributed by atoms with Gasteiger partial charge >= 0.3 is 5.97 Å². The van der Waals surface area contributed by atoms with E-state index in [0.717, 1.165) is 32.1 Å². The van der Waals surface area contributed by atoms with Crippen LogP contribution in [0.2, 0.25) is 0 Å². The number of nitrogens with one attached hydrogen (secondary N) is 1. The van der Waals surface area contributed by atoms with E-state index in [9.17, 15) is 9.59 Å². The molecule has 0 aliphatic heterocycles. The normalized spacial score (nSPS) is 26.4. The summed E-state index contributed by atoms with van der Waals surface area (Å²) >= 11 is 0. The Kier molecular flexibility index (Phi) is 2.83. The molecule has 0 saturated heterocycles. The van der Waals surface area contributed by atoms with Gasteiger partial charge in [0.05, 0.1) is 5.92 Å². The monoisotopic (exact) mass is 251 g/mol. The Hall–Kier alpha value is -1.06. The van der Waals surface area contributed by atoms with Crippen molar-refractivity contribution in [2.45, 2.75) is 44.9 Å². The molecule has 0 aromatic carbocycles. The molecule has 0 bridgehead atoms. The topological polar surface area (TPSA) is 66.4 Å². The molecule has 1 spiro atoms. The molecule has 4 heteroatoms. The predicted molar refractivity (Wildman–Crippen MR) is 65.9 cm³/mol. The number of rotatable bonds is 6. The van der Waals surface area contributed by atoms with Gasteiger partial charge in [0.25, 0.3) is 0 Å². The molecule has 3 fully saturated rings. The predicted octanol–water partition coefficient (Wildman–Crippen LogP) is 1.79. The molecule has 1 atom stereocenters. The summed E-state index contributed by atoms with van der Waals surface area (Å²) in [5, 5.41) is 12.0. The average Bonchev–Trinajstić information content (AvgIpc) is 3.12. The van der Waals surface area contributed by atoms with Gasteiger partial charge in [-0.1, -0.05) is 12.8 Å². The van der Waals surface area contributed by atoms with Gasteiger partial charge in [-0.15, -0.1) is 0 Å². The third-order valence-electron chi connectivity index (χ3n) is 4.87. The minimum Gasteiger partial charge on any atom is -0.481 e. The largest absolute Gasteiger partial charge is 0.481 e. The van der Waals surface area contributed by atoms with Crippen LogP contribution in [-0.4, -0.2) is 23.5 Å². The molecule has 0 heterocycles. The maximum absolute atomic E-state index is 11.9. The zero-order chi connectivity index (χ0) is 12.8. The van der Waals surface area contributed by atoms with Gasteiger partial charge in [-0.25, -0.2) is 0 Å². The molecule has 3 rings (SSSR count). The molecule has 3 aliphatic rings. The highest BCUT2D eigenvalue weighted by Crippen LogP contribution is 2.63. The summed E-state index contributed by atoms with van der Waals surface area (Å²) in [5.74, 6) is -0.343. The van der Waals surface area contributed by atoms with Crippen molar-refractivity contribution >= 4 is 11.9 Å². The van der Waals surface area contributed by atoms with Crippen LogP contribution in [0.3, 0.4) is 0 Å². The van der Waals surface area contributed by atoms with E-state index >= 15 is 0 Å². The molecule has 18 heavy (non-hydrogen) atoms. The molecular weight excluding hydrogens is 230 g/mol. The van der Waals surface area contributed by atoms with Crippen LogP contribution < -0.4 is 5.32 Å². The van der Waals surface area contributed by atoms with Crippen molar-refractivity contribution in [2.24, 2.45) is 23.2 Å². The van der Waals surface area contributed by atoms with Crippen molar-refractivity contribution in [3.8, 4) is 0 Å². The Balaban J connectivity index is 1.41. The van der Waals surface area contributed by atoms with Crippen molar-refractivity contribution in [1.29, 1.82) is 0 Å². The quantitative estimate of drug-likeness (QED) is 0.756. The lowest BCUT2D eigenvalue weighted by atomic mass is 9.71. The highest BCUT2D eigenvalue weighted by Gasteiger charge is 2.54. The second-order valence-corrected chi connectivity index (χ2v) is 6.56. The van der Waals surface area contributed by atoms with Crippen molar-refractivity contribution in [2.75, 3.05) is 6.54 Å². The molecule has 1 amide bonds. The van der Waals surface area contributed by atoms with Crippen molar-refractivity contribution in [1.82, 2.24) is 5.32 Å². The average molecular weight is 251 g/mol. The fraction of sp³-hybridized carbons (Fsp3) is 0.857. The molecule has 0 aromatic rings. The molecule has 3 aliphatic carbocycles. The lowest BCUT2D eigenvalue weighted by molar-refractivity contribution is -0.142. The summed E-state index contributed by atoms with van der Waals surface area (Å²) in [7, 11) is 0. The first-order valence-corrected chi connectivity index (χ1v) is 7.08. The smallest absolute Gasteiger partial charge is 0.308 e. The molecular formula is C14H21NO3. The van der Waals surface area contributed by atoms with Crippen LogP contribution in [0.5, 0.6) is 0 Å². The van der Waals surface area contributed by atoms with Gasteiger partial charge in [0, 0.05) is 12.5 Å². The summed E-state index contributed by atoms with van der Waals surface area (Å²) in [6.07, 6.45) is 7.67. The Bertz CT molecular complexity index is 363. The molecule has 0 unspecified atom stereocenters. The van der Waals surface area contributed by atoms with Gasteiger partial charge in [0.1, 0.15) is 0 Å². The van der Waals surface area contributed by atoms with Crippen LogP contribution in [0.15, 0.2) is 0 Å². The van der Waals surface area contributed by atoms with Gasteiger partial charge in [-0.05, 0) is 43.4 Å². The van der Waals surface area contributed by atoms with E-state index in [0.29, 0.717) is 17.9 Å². The lowest BCUT2D eigenvalue weighted by Crippen LogP contribution is -2.42. The second-order valence-electron chi connectivity index (χ2n) is 6.56. The molecule has 4 nitrogen and oxygen atoms in total. The van der Waals surface area contributed by atoms with Crippen LogP contribution in [-0.2, 0) is 9.59 Å². The van der Waals surface area contributed by atoms with Crippen molar-refractivity contribution < 1.29 is 14.7 Å². The Morgan fingerprint density at radius 2 is 1.94 bits per heavy atom. The highest BCUT2D eigenvalue weighted by molar-refractivity contribution is 5.80. The lowest BCUT2D eigenvalue weighted by Gasteiger charge is -2.34. The van der Waals surface area contributed by atoms with E-state index in [4.69, 9.17) is 5.11 Å².